The summed E-state index contributed by atoms with van der Waals surface area (Å²) in [6.07, 6.45) is 3.72. The first-order valence-electron chi connectivity index (χ1n) is 9.48. The van der Waals surface area contributed by atoms with Gasteiger partial charge in [0.1, 0.15) is 0 Å². The summed E-state index contributed by atoms with van der Waals surface area (Å²) >= 11 is 0. The fraction of sp³-hybridized carbons (Fsp3) is 0.115. The molecule has 29 heavy (non-hydrogen) atoms. The Morgan fingerprint density at radius 2 is 1.41 bits per heavy atom. The fourth-order valence-electron chi connectivity index (χ4n) is 3.14. The second-order valence-electron chi connectivity index (χ2n) is 7.10. The summed E-state index contributed by atoms with van der Waals surface area (Å²) in [6, 6.07) is 20.1. The third kappa shape index (κ3) is 4.67. The van der Waals surface area contributed by atoms with E-state index in [1.165, 1.54) is 23.3 Å². The van der Waals surface area contributed by atoms with Crippen molar-refractivity contribution in [2.75, 3.05) is 0 Å². The standard InChI is InChI=1S/C26H19F2N/c1-18-2-12-24(29-17-18)13-10-20-5-3-19(4-6-20)7-8-21-9-11-22-15-25(27)26(28)16-23(22)14-21/h2-6,9,11-12,14-17H,10,13H2,1H3. The molecular weight excluding hydrogens is 364 g/mol. The van der Waals surface area contributed by atoms with Crippen LogP contribution in [0.2, 0.25) is 0 Å². The Kier molecular flexibility index (Phi) is 5.35. The van der Waals surface area contributed by atoms with Crippen LogP contribution in [-0.4, -0.2) is 4.98 Å². The lowest BCUT2D eigenvalue weighted by atomic mass is 10.0. The molecule has 0 saturated heterocycles. The zero-order valence-electron chi connectivity index (χ0n) is 16.0. The second-order valence-corrected chi connectivity index (χ2v) is 7.10. The van der Waals surface area contributed by atoms with E-state index < -0.39 is 11.6 Å². The molecule has 0 spiro atoms. The lowest BCUT2D eigenvalue weighted by molar-refractivity contribution is 0.511. The van der Waals surface area contributed by atoms with Crippen molar-refractivity contribution in [2.24, 2.45) is 0 Å². The molecule has 142 valence electrons. The van der Waals surface area contributed by atoms with E-state index >= 15 is 0 Å². The predicted octanol–water partition coefficient (Wildman–Crippen LogP) is 6.01. The van der Waals surface area contributed by atoms with Gasteiger partial charge < -0.3 is 0 Å². The molecule has 3 heteroatoms. The third-order valence-corrected chi connectivity index (χ3v) is 4.83. The van der Waals surface area contributed by atoms with Gasteiger partial charge in [-0.1, -0.05) is 36.1 Å². The number of hydrogen-bond donors (Lipinski definition) is 0. The van der Waals surface area contributed by atoms with Gasteiger partial charge in [-0.3, -0.25) is 4.98 Å². The number of aromatic nitrogens is 1. The van der Waals surface area contributed by atoms with E-state index in [9.17, 15) is 8.78 Å². The van der Waals surface area contributed by atoms with E-state index in [0.29, 0.717) is 10.8 Å². The Morgan fingerprint density at radius 3 is 2.14 bits per heavy atom. The highest BCUT2D eigenvalue weighted by Crippen LogP contribution is 2.19. The first-order valence-corrected chi connectivity index (χ1v) is 9.48. The van der Waals surface area contributed by atoms with Crippen molar-refractivity contribution in [3.8, 4) is 11.8 Å². The number of nitrogens with zero attached hydrogens (tertiary/aromatic N) is 1. The quantitative estimate of drug-likeness (QED) is 0.395. The zero-order chi connectivity index (χ0) is 20.2. The number of pyridine rings is 1. The first kappa shape index (κ1) is 18.8. The largest absolute Gasteiger partial charge is 0.261 e. The van der Waals surface area contributed by atoms with Gasteiger partial charge in [-0.05, 0) is 84.1 Å². The number of aryl methyl sites for hydroxylation is 3. The van der Waals surface area contributed by atoms with E-state index in [4.69, 9.17) is 0 Å². The number of halogens is 2. The minimum absolute atomic E-state index is 0.635. The summed E-state index contributed by atoms with van der Waals surface area (Å²) in [6.45, 7) is 2.03. The number of hydrogen-bond acceptors (Lipinski definition) is 1. The van der Waals surface area contributed by atoms with Crippen LogP contribution in [0.3, 0.4) is 0 Å². The molecule has 3 aromatic carbocycles. The molecule has 0 saturated carbocycles. The zero-order valence-corrected chi connectivity index (χ0v) is 16.0. The second kappa shape index (κ2) is 8.24. The van der Waals surface area contributed by atoms with E-state index in [0.717, 1.165) is 29.7 Å². The molecule has 0 atom stereocenters. The topological polar surface area (TPSA) is 12.9 Å². The van der Waals surface area contributed by atoms with Crippen molar-refractivity contribution in [3.05, 3.63) is 113 Å². The smallest absolute Gasteiger partial charge is 0.159 e. The summed E-state index contributed by atoms with van der Waals surface area (Å²) in [5.41, 5.74) is 5.17. The number of benzene rings is 3. The summed E-state index contributed by atoms with van der Waals surface area (Å²) in [5, 5.41) is 1.29. The highest BCUT2D eigenvalue weighted by molar-refractivity contribution is 5.84. The summed E-state index contributed by atoms with van der Waals surface area (Å²) in [5.74, 6) is 4.54. The molecule has 1 aromatic heterocycles. The summed E-state index contributed by atoms with van der Waals surface area (Å²) < 4.78 is 26.8. The lowest BCUT2D eigenvalue weighted by Gasteiger charge is -2.02. The molecule has 0 radical (unpaired) electrons. The van der Waals surface area contributed by atoms with E-state index in [-0.39, 0.29) is 0 Å². The maximum Gasteiger partial charge on any atom is 0.159 e. The third-order valence-electron chi connectivity index (χ3n) is 4.83. The first-order chi connectivity index (χ1) is 14.1. The highest BCUT2D eigenvalue weighted by Gasteiger charge is 2.04. The van der Waals surface area contributed by atoms with Crippen molar-refractivity contribution in [3.63, 3.8) is 0 Å². The average molecular weight is 383 g/mol. The molecule has 0 amide bonds. The molecule has 1 heterocycles. The molecule has 0 fully saturated rings. The van der Waals surface area contributed by atoms with Crippen LogP contribution in [-0.2, 0) is 12.8 Å². The van der Waals surface area contributed by atoms with Crippen molar-refractivity contribution < 1.29 is 8.78 Å². The molecule has 0 N–H and O–H groups in total. The minimum Gasteiger partial charge on any atom is -0.261 e. The minimum atomic E-state index is -0.848. The van der Waals surface area contributed by atoms with Crippen LogP contribution in [0.5, 0.6) is 0 Å². The highest BCUT2D eigenvalue weighted by atomic mass is 19.2. The van der Waals surface area contributed by atoms with Crippen molar-refractivity contribution in [1.82, 2.24) is 4.98 Å². The van der Waals surface area contributed by atoms with E-state index in [1.54, 1.807) is 12.1 Å². The Labute approximate surface area is 169 Å². The molecule has 0 unspecified atom stereocenters. The van der Waals surface area contributed by atoms with Crippen LogP contribution in [0.25, 0.3) is 10.8 Å². The Hall–Kier alpha value is -3.51. The molecular formula is C26H19F2N. The maximum absolute atomic E-state index is 13.4. The van der Waals surface area contributed by atoms with Crippen LogP contribution in [0.1, 0.15) is 27.9 Å². The Balaban J connectivity index is 1.45. The van der Waals surface area contributed by atoms with Gasteiger partial charge in [-0.2, -0.15) is 0 Å². The lowest BCUT2D eigenvalue weighted by Crippen LogP contribution is -1.94. The predicted molar refractivity (Wildman–Crippen MR) is 113 cm³/mol. The van der Waals surface area contributed by atoms with Crippen molar-refractivity contribution >= 4 is 10.8 Å². The molecule has 0 bridgehead atoms. The molecule has 0 aliphatic rings. The number of fused-ring (bicyclic) bond motifs is 1. The SMILES string of the molecule is Cc1ccc(CCc2ccc(C#Cc3ccc4cc(F)c(F)cc4c3)cc2)nc1. The van der Waals surface area contributed by atoms with E-state index in [2.05, 4.69) is 41.1 Å². The van der Waals surface area contributed by atoms with Gasteiger partial charge in [0.05, 0.1) is 0 Å². The molecule has 0 aliphatic heterocycles. The molecule has 4 rings (SSSR count). The monoisotopic (exact) mass is 383 g/mol. The van der Waals surface area contributed by atoms with Crippen molar-refractivity contribution in [1.29, 1.82) is 0 Å². The molecule has 0 aliphatic carbocycles. The molecule has 4 aromatic rings. The molecule has 1 nitrogen and oxygen atoms in total. The summed E-state index contributed by atoms with van der Waals surface area (Å²) in [7, 11) is 0. The van der Waals surface area contributed by atoms with Crippen LogP contribution < -0.4 is 0 Å². The Morgan fingerprint density at radius 1 is 0.724 bits per heavy atom. The fourth-order valence-corrected chi connectivity index (χ4v) is 3.14. The van der Waals surface area contributed by atoms with Crippen molar-refractivity contribution in [2.45, 2.75) is 19.8 Å². The van der Waals surface area contributed by atoms with Gasteiger partial charge in [-0.25, -0.2) is 8.78 Å². The van der Waals surface area contributed by atoms with Gasteiger partial charge in [0.25, 0.3) is 0 Å². The summed E-state index contributed by atoms with van der Waals surface area (Å²) in [4.78, 5) is 4.44. The van der Waals surface area contributed by atoms with Gasteiger partial charge in [0.15, 0.2) is 11.6 Å². The van der Waals surface area contributed by atoms with Gasteiger partial charge in [-0.15, -0.1) is 0 Å². The average Bonchev–Trinajstić information content (AvgIpc) is 2.73. The van der Waals surface area contributed by atoms with Gasteiger partial charge in [0.2, 0.25) is 0 Å². The number of rotatable bonds is 3. The van der Waals surface area contributed by atoms with Crippen LogP contribution in [0.15, 0.2) is 72.9 Å². The van der Waals surface area contributed by atoms with Crippen LogP contribution in [0.4, 0.5) is 8.78 Å². The Bertz CT molecular complexity index is 1210. The van der Waals surface area contributed by atoms with Gasteiger partial charge >= 0.3 is 0 Å². The normalized spacial score (nSPS) is 10.6. The maximum atomic E-state index is 13.4. The van der Waals surface area contributed by atoms with Crippen LogP contribution >= 0.6 is 0 Å². The van der Waals surface area contributed by atoms with E-state index in [1.807, 2.05) is 31.3 Å². The van der Waals surface area contributed by atoms with Gasteiger partial charge in [0, 0.05) is 23.0 Å². The van der Waals surface area contributed by atoms with Crippen LogP contribution in [0, 0.1) is 30.4 Å².